The monoisotopic (exact) mass is 672 g/mol. The molecule has 2 saturated heterocycles. The van der Waals surface area contributed by atoms with Crippen molar-refractivity contribution in [2.75, 3.05) is 26.3 Å². The van der Waals surface area contributed by atoms with E-state index in [9.17, 15) is 32.3 Å². The van der Waals surface area contributed by atoms with Crippen molar-refractivity contribution in [2.24, 2.45) is 0 Å². The first-order chi connectivity index (χ1) is 23.0. The van der Waals surface area contributed by atoms with Crippen molar-refractivity contribution in [1.29, 1.82) is 0 Å². The number of hydrogen-bond donors (Lipinski definition) is 0. The number of para-hydroxylation sites is 2. The van der Waals surface area contributed by atoms with Gasteiger partial charge in [-0.05, 0) is 23.3 Å². The number of rotatable bonds is 12. The van der Waals surface area contributed by atoms with E-state index in [1.54, 1.807) is 60.7 Å². The van der Waals surface area contributed by atoms with Crippen LogP contribution in [0.1, 0.15) is 24.0 Å². The smallest absolute Gasteiger partial charge is 0.368 e. The largest absolute Gasteiger partial charge is 0.480 e. The Balaban J connectivity index is 1.17. The highest BCUT2D eigenvalue weighted by Crippen LogP contribution is 2.36. The molecule has 2 heterocycles. The highest BCUT2D eigenvalue weighted by atomic mass is 19.3. The SMILES string of the molecule is O=C(OCc1ccccc1)[C@H]1CC(F)(F)CN1C(=O)COc1ccccc1OCC(=O)N1CCC(F)[C@]1(F)C(=O)OCc1ccccc1. The van der Waals surface area contributed by atoms with Crippen LogP contribution in [0.25, 0.3) is 0 Å². The number of nitrogens with zero attached hydrogens (tertiary/aromatic N) is 2. The molecule has 3 aromatic rings. The second kappa shape index (κ2) is 14.7. The van der Waals surface area contributed by atoms with E-state index in [4.69, 9.17) is 18.9 Å². The Morgan fingerprint density at radius 2 is 1.25 bits per heavy atom. The maximum absolute atomic E-state index is 15.8. The first kappa shape index (κ1) is 34.2. The number of carbonyl (C=O) groups excluding carboxylic acids is 4. The molecule has 14 heteroatoms. The van der Waals surface area contributed by atoms with E-state index in [1.807, 2.05) is 0 Å². The minimum absolute atomic E-state index is 0.0774. The first-order valence-electron chi connectivity index (χ1n) is 15.0. The van der Waals surface area contributed by atoms with Crippen molar-refractivity contribution in [3.63, 3.8) is 0 Å². The zero-order valence-electron chi connectivity index (χ0n) is 25.6. The summed E-state index contributed by atoms with van der Waals surface area (Å²) in [6.07, 6.45) is -3.69. The van der Waals surface area contributed by atoms with E-state index in [0.717, 1.165) is 0 Å². The molecule has 0 spiro atoms. The van der Waals surface area contributed by atoms with Crippen LogP contribution < -0.4 is 9.47 Å². The lowest BCUT2D eigenvalue weighted by molar-refractivity contribution is -0.182. The summed E-state index contributed by atoms with van der Waals surface area (Å²) in [5.41, 5.74) is 1.18. The third kappa shape index (κ3) is 7.86. The summed E-state index contributed by atoms with van der Waals surface area (Å²) >= 11 is 0. The summed E-state index contributed by atoms with van der Waals surface area (Å²) in [5, 5.41) is 0. The molecule has 1 unspecified atom stereocenters. The molecule has 0 bridgehead atoms. The second-order valence-corrected chi connectivity index (χ2v) is 11.3. The van der Waals surface area contributed by atoms with E-state index >= 15 is 4.39 Å². The van der Waals surface area contributed by atoms with Gasteiger partial charge >= 0.3 is 17.7 Å². The summed E-state index contributed by atoms with van der Waals surface area (Å²) in [6, 6.07) is 21.1. The number of halogens is 4. The van der Waals surface area contributed by atoms with Crippen LogP contribution in [0, 0.1) is 0 Å². The number of likely N-dealkylation sites (tertiary alicyclic amines) is 2. The summed E-state index contributed by atoms with van der Waals surface area (Å²) in [5.74, 6) is -11.4. The fourth-order valence-corrected chi connectivity index (χ4v) is 5.38. The topological polar surface area (TPSA) is 112 Å². The third-order valence-corrected chi connectivity index (χ3v) is 7.85. The van der Waals surface area contributed by atoms with Gasteiger partial charge < -0.3 is 23.8 Å². The Morgan fingerprint density at radius 3 is 1.83 bits per heavy atom. The van der Waals surface area contributed by atoms with Gasteiger partial charge in [-0.15, -0.1) is 0 Å². The molecule has 254 valence electrons. The summed E-state index contributed by atoms with van der Waals surface area (Å²) in [7, 11) is 0. The molecule has 0 radical (unpaired) electrons. The van der Waals surface area contributed by atoms with Crippen LogP contribution in [0.15, 0.2) is 84.9 Å². The van der Waals surface area contributed by atoms with Gasteiger partial charge in [0.1, 0.15) is 19.3 Å². The van der Waals surface area contributed by atoms with E-state index in [1.165, 1.54) is 24.3 Å². The van der Waals surface area contributed by atoms with Gasteiger partial charge in [-0.1, -0.05) is 72.8 Å². The number of benzene rings is 3. The van der Waals surface area contributed by atoms with Crippen molar-refractivity contribution >= 4 is 23.8 Å². The van der Waals surface area contributed by atoms with Gasteiger partial charge in [0.2, 0.25) is 0 Å². The maximum Gasteiger partial charge on any atom is 0.368 e. The maximum atomic E-state index is 15.8. The number of alkyl halides is 4. The lowest BCUT2D eigenvalue weighted by atomic mass is 10.1. The van der Waals surface area contributed by atoms with E-state index in [2.05, 4.69) is 0 Å². The fourth-order valence-electron chi connectivity index (χ4n) is 5.38. The van der Waals surface area contributed by atoms with E-state index in [-0.39, 0.29) is 24.7 Å². The zero-order chi connectivity index (χ0) is 34.3. The number of ether oxygens (including phenoxy) is 4. The Kier molecular flexibility index (Phi) is 10.5. The molecule has 0 N–H and O–H groups in total. The summed E-state index contributed by atoms with van der Waals surface area (Å²) in [6.45, 7) is -3.54. The quantitative estimate of drug-likeness (QED) is 0.158. The number of carbonyl (C=O) groups is 4. The third-order valence-electron chi connectivity index (χ3n) is 7.85. The van der Waals surface area contributed by atoms with Crippen LogP contribution in [0.5, 0.6) is 11.5 Å². The minimum atomic E-state index is -3.37. The average molecular weight is 673 g/mol. The average Bonchev–Trinajstić information content (AvgIpc) is 3.60. The summed E-state index contributed by atoms with van der Waals surface area (Å²) in [4.78, 5) is 52.4. The van der Waals surface area contributed by atoms with Gasteiger partial charge in [0, 0.05) is 19.4 Å². The van der Waals surface area contributed by atoms with Crippen molar-refractivity contribution in [2.45, 2.75) is 50.0 Å². The predicted molar refractivity (Wildman–Crippen MR) is 160 cm³/mol. The van der Waals surface area contributed by atoms with Crippen LogP contribution in [0.2, 0.25) is 0 Å². The highest BCUT2D eigenvalue weighted by molar-refractivity contribution is 5.89. The van der Waals surface area contributed by atoms with Crippen molar-refractivity contribution < 1.29 is 55.7 Å². The molecule has 2 aliphatic heterocycles. The fraction of sp³-hybridized carbons (Fsp3) is 0.353. The minimum Gasteiger partial charge on any atom is -0.480 e. The number of amides is 2. The highest BCUT2D eigenvalue weighted by Gasteiger charge is 2.60. The molecule has 2 fully saturated rings. The second-order valence-electron chi connectivity index (χ2n) is 11.3. The lowest BCUT2D eigenvalue weighted by Crippen LogP contribution is -2.55. The standard InChI is InChI=1S/C34H32F4N2O8/c35-28-15-16-40(34(28,38)32(44)48-19-24-11-5-2-6-12-24)30(42)21-46-27-14-8-7-13-26(27)45-20-29(41)39-22-33(36,37)17-25(39)31(43)47-18-23-9-3-1-4-10-23/h1-14,25,28H,15-22H2/t25-,28?,34-/m1/s1. The number of esters is 2. The van der Waals surface area contributed by atoms with E-state index in [0.29, 0.717) is 20.9 Å². The van der Waals surface area contributed by atoms with Gasteiger partial charge in [0.05, 0.1) is 6.54 Å². The molecule has 10 nitrogen and oxygen atoms in total. The molecule has 0 aliphatic carbocycles. The summed E-state index contributed by atoms with van der Waals surface area (Å²) < 4.78 is 80.4. The molecule has 5 rings (SSSR count). The van der Waals surface area contributed by atoms with Crippen LogP contribution in [-0.2, 0) is 41.9 Å². The van der Waals surface area contributed by atoms with Crippen LogP contribution in [-0.4, -0.2) is 83.8 Å². The van der Waals surface area contributed by atoms with Gasteiger partial charge in [0.15, 0.2) is 30.9 Å². The van der Waals surface area contributed by atoms with Crippen molar-refractivity contribution in [3.8, 4) is 11.5 Å². The van der Waals surface area contributed by atoms with Gasteiger partial charge in [0.25, 0.3) is 17.7 Å². The molecule has 3 atom stereocenters. The van der Waals surface area contributed by atoms with Crippen molar-refractivity contribution in [3.05, 3.63) is 96.1 Å². The Bertz CT molecular complexity index is 1610. The molecular formula is C34H32F4N2O8. The predicted octanol–water partition coefficient (Wildman–Crippen LogP) is 4.40. The molecular weight excluding hydrogens is 640 g/mol. The molecule has 0 aromatic heterocycles. The Hall–Kier alpha value is -5.14. The molecule has 48 heavy (non-hydrogen) atoms. The Labute approximate surface area is 273 Å². The first-order valence-corrected chi connectivity index (χ1v) is 15.0. The zero-order valence-corrected chi connectivity index (χ0v) is 25.6. The molecule has 2 aliphatic rings. The van der Waals surface area contributed by atoms with Crippen LogP contribution in [0.4, 0.5) is 17.6 Å². The molecule has 3 aromatic carbocycles. The van der Waals surface area contributed by atoms with Gasteiger partial charge in [-0.3, -0.25) is 14.5 Å². The van der Waals surface area contributed by atoms with Crippen LogP contribution >= 0.6 is 0 Å². The van der Waals surface area contributed by atoms with Crippen molar-refractivity contribution in [1.82, 2.24) is 9.80 Å². The van der Waals surface area contributed by atoms with Crippen LogP contribution in [0.3, 0.4) is 0 Å². The van der Waals surface area contributed by atoms with Gasteiger partial charge in [-0.25, -0.2) is 27.2 Å². The molecule has 2 amide bonds. The molecule has 0 saturated carbocycles. The van der Waals surface area contributed by atoms with Gasteiger partial charge in [-0.2, -0.15) is 0 Å². The van der Waals surface area contributed by atoms with E-state index < -0.39 is 86.8 Å². The normalized spacial score (nSPS) is 21.4. The number of hydrogen-bond acceptors (Lipinski definition) is 8. The lowest BCUT2D eigenvalue weighted by Gasteiger charge is -2.30. The Morgan fingerprint density at radius 1 is 0.729 bits per heavy atom.